The molecule has 3 atom stereocenters. The zero-order valence-electron chi connectivity index (χ0n) is 12.2. The normalized spacial score (nSPS) is 25.2. The standard InChI is InChI=1S/C17H27NO/c1-3-6-14-9-11-15(12-10-14)13(2)18-16-7-4-5-8-17(16)19/h9-13,16-19H,3-8H2,1-2H3. The summed E-state index contributed by atoms with van der Waals surface area (Å²) in [5, 5.41) is 13.6. The first-order chi connectivity index (χ1) is 9.20. The molecule has 19 heavy (non-hydrogen) atoms. The first-order valence-electron chi connectivity index (χ1n) is 7.73. The summed E-state index contributed by atoms with van der Waals surface area (Å²) in [6, 6.07) is 9.48. The molecule has 106 valence electrons. The van der Waals surface area contributed by atoms with Gasteiger partial charge >= 0.3 is 0 Å². The summed E-state index contributed by atoms with van der Waals surface area (Å²) < 4.78 is 0. The zero-order chi connectivity index (χ0) is 13.7. The van der Waals surface area contributed by atoms with Gasteiger partial charge in [-0.25, -0.2) is 0 Å². The van der Waals surface area contributed by atoms with E-state index in [2.05, 4.69) is 43.4 Å². The molecule has 0 bridgehead atoms. The largest absolute Gasteiger partial charge is 0.392 e. The molecule has 0 radical (unpaired) electrons. The Morgan fingerprint density at radius 3 is 2.53 bits per heavy atom. The van der Waals surface area contributed by atoms with Crippen LogP contribution >= 0.6 is 0 Å². The minimum Gasteiger partial charge on any atom is -0.392 e. The molecular weight excluding hydrogens is 234 g/mol. The van der Waals surface area contributed by atoms with Gasteiger partial charge in [0.1, 0.15) is 0 Å². The molecule has 0 aromatic heterocycles. The van der Waals surface area contributed by atoms with Crippen molar-refractivity contribution in [2.24, 2.45) is 0 Å². The van der Waals surface area contributed by atoms with Gasteiger partial charge in [-0.05, 0) is 37.3 Å². The van der Waals surface area contributed by atoms with Crippen LogP contribution in [0.1, 0.15) is 63.1 Å². The molecule has 1 aromatic rings. The average molecular weight is 261 g/mol. The second-order valence-electron chi connectivity index (χ2n) is 5.84. The maximum atomic E-state index is 10.0. The number of rotatable bonds is 5. The molecule has 0 amide bonds. The number of aliphatic hydroxyl groups is 1. The van der Waals surface area contributed by atoms with E-state index in [4.69, 9.17) is 0 Å². The van der Waals surface area contributed by atoms with Crippen LogP contribution in [0.25, 0.3) is 0 Å². The Hall–Kier alpha value is -0.860. The molecule has 2 nitrogen and oxygen atoms in total. The maximum absolute atomic E-state index is 10.0. The van der Waals surface area contributed by atoms with Gasteiger partial charge in [-0.3, -0.25) is 0 Å². The molecule has 0 spiro atoms. The molecule has 3 unspecified atom stereocenters. The third kappa shape index (κ3) is 4.05. The fraction of sp³-hybridized carbons (Fsp3) is 0.647. The molecule has 1 aliphatic rings. The van der Waals surface area contributed by atoms with Crippen molar-refractivity contribution in [2.45, 2.75) is 70.6 Å². The minimum absolute atomic E-state index is 0.171. The summed E-state index contributed by atoms with van der Waals surface area (Å²) in [5.41, 5.74) is 2.73. The lowest BCUT2D eigenvalue weighted by molar-refractivity contribution is 0.0860. The number of hydrogen-bond donors (Lipinski definition) is 2. The highest BCUT2D eigenvalue weighted by molar-refractivity contribution is 5.25. The van der Waals surface area contributed by atoms with Crippen LogP contribution in [0, 0.1) is 0 Å². The molecule has 0 aliphatic heterocycles. The fourth-order valence-electron chi connectivity index (χ4n) is 2.98. The predicted octanol–water partition coefficient (Wildman–Crippen LogP) is 3.59. The first-order valence-corrected chi connectivity index (χ1v) is 7.73. The Kier molecular flexibility index (Phi) is 5.41. The molecule has 1 saturated carbocycles. The third-order valence-electron chi connectivity index (χ3n) is 4.21. The molecule has 2 rings (SSSR count). The van der Waals surface area contributed by atoms with E-state index in [1.165, 1.54) is 30.4 Å². The Morgan fingerprint density at radius 2 is 1.89 bits per heavy atom. The van der Waals surface area contributed by atoms with Crippen molar-refractivity contribution in [2.75, 3.05) is 0 Å². The second kappa shape index (κ2) is 7.06. The Bertz CT molecular complexity index is 373. The van der Waals surface area contributed by atoms with Gasteiger partial charge in [-0.15, -0.1) is 0 Å². The molecule has 1 fully saturated rings. The van der Waals surface area contributed by atoms with Crippen LogP contribution in [-0.4, -0.2) is 17.3 Å². The fourth-order valence-corrected chi connectivity index (χ4v) is 2.98. The lowest BCUT2D eigenvalue weighted by Crippen LogP contribution is -2.43. The van der Waals surface area contributed by atoms with E-state index in [1.54, 1.807) is 0 Å². The summed E-state index contributed by atoms with van der Waals surface area (Å²) in [5.74, 6) is 0. The Balaban J connectivity index is 1.93. The van der Waals surface area contributed by atoms with Gasteiger partial charge in [0.05, 0.1) is 6.10 Å². The van der Waals surface area contributed by atoms with Crippen LogP contribution in [0.2, 0.25) is 0 Å². The van der Waals surface area contributed by atoms with Crippen LogP contribution < -0.4 is 5.32 Å². The summed E-state index contributed by atoms with van der Waals surface area (Å²) in [7, 11) is 0. The molecule has 1 aromatic carbocycles. The van der Waals surface area contributed by atoms with Crippen LogP contribution in [0.5, 0.6) is 0 Å². The number of hydrogen-bond acceptors (Lipinski definition) is 2. The van der Waals surface area contributed by atoms with Gasteiger partial charge in [0.15, 0.2) is 0 Å². The highest BCUT2D eigenvalue weighted by atomic mass is 16.3. The quantitative estimate of drug-likeness (QED) is 0.849. The highest BCUT2D eigenvalue weighted by Gasteiger charge is 2.24. The topological polar surface area (TPSA) is 32.3 Å². The van der Waals surface area contributed by atoms with Crippen LogP contribution in [0.15, 0.2) is 24.3 Å². The summed E-state index contributed by atoms with van der Waals surface area (Å²) >= 11 is 0. The van der Waals surface area contributed by atoms with Crippen molar-refractivity contribution in [1.29, 1.82) is 0 Å². The molecular formula is C17H27NO. The molecule has 0 heterocycles. The first kappa shape index (κ1) is 14.5. The van der Waals surface area contributed by atoms with E-state index in [0.29, 0.717) is 6.04 Å². The van der Waals surface area contributed by atoms with E-state index in [1.807, 2.05) is 0 Å². The van der Waals surface area contributed by atoms with Crippen LogP contribution in [0.3, 0.4) is 0 Å². The van der Waals surface area contributed by atoms with E-state index < -0.39 is 0 Å². The Labute approximate surface area is 117 Å². The zero-order valence-corrected chi connectivity index (χ0v) is 12.2. The van der Waals surface area contributed by atoms with E-state index in [9.17, 15) is 5.11 Å². The summed E-state index contributed by atoms with van der Waals surface area (Å²) in [4.78, 5) is 0. The van der Waals surface area contributed by atoms with Gasteiger partial charge in [0.25, 0.3) is 0 Å². The molecule has 2 N–H and O–H groups in total. The second-order valence-corrected chi connectivity index (χ2v) is 5.84. The van der Waals surface area contributed by atoms with Crippen molar-refractivity contribution in [3.8, 4) is 0 Å². The summed E-state index contributed by atoms with van der Waals surface area (Å²) in [6.45, 7) is 4.40. The third-order valence-corrected chi connectivity index (χ3v) is 4.21. The Morgan fingerprint density at radius 1 is 1.21 bits per heavy atom. The number of benzene rings is 1. The monoisotopic (exact) mass is 261 g/mol. The minimum atomic E-state index is -0.171. The van der Waals surface area contributed by atoms with Crippen molar-refractivity contribution >= 4 is 0 Å². The lowest BCUT2D eigenvalue weighted by atomic mass is 9.91. The van der Waals surface area contributed by atoms with Crippen molar-refractivity contribution < 1.29 is 5.11 Å². The molecule has 1 aliphatic carbocycles. The molecule has 2 heteroatoms. The van der Waals surface area contributed by atoms with Gasteiger partial charge in [-0.1, -0.05) is 50.5 Å². The molecule has 0 saturated heterocycles. The van der Waals surface area contributed by atoms with Crippen LogP contribution in [0.4, 0.5) is 0 Å². The predicted molar refractivity (Wildman–Crippen MR) is 80.3 cm³/mol. The van der Waals surface area contributed by atoms with E-state index >= 15 is 0 Å². The SMILES string of the molecule is CCCc1ccc(C(C)NC2CCCCC2O)cc1. The van der Waals surface area contributed by atoms with E-state index in [-0.39, 0.29) is 12.1 Å². The van der Waals surface area contributed by atoms with Gasteiger partial charge < -0.3 is 10.4 Å². The number of nitrogens with one attached hydrogen (secondary N) is 1. The summed E-state index contributed by atoms with van der Waals surface area (Å²) in [6.07, 6.45) is 6.62. The average Bonchev–Trinajstić information content (AvgIpc) is 2.42. The van der Waals surface area contributed by atoms with Gasteiger partial charge in [-0.2, -0.15) is 0 Å². The van der Waals surface area contributed by atoms with Crippen molar-refractivity contribution in [1.82, 2.24) is 5.32 Å². The van der Waals surface area contributed by atoms with Crippen molar-refractivity contribution in [3.05, 3.63) is 35.4 Å². The van der Waals surface area contributed by atoms with Gasteiger partial charge in [0.2, 0.25) is 0 Å². The maximum Gasteiger partial charge on any atom is 0.0693 e. The van der Waals surface area contributed by atoms with Crippen molar-refractivity contribution in [3.63, 3.8) is 0 Å². The van der Waals surface area contributed by atoms with Crippen LogP contribution in [-0.2, 0) is 6.42 Å². The highest BCUT2D eigenvalue weighted by Crippen LogP contribution is 2.22. The van der Waals surface area contributed by atoms with Gasteiger partial charge in [0, 0.05) is 12.1 Å². The lowest BCUT2D eigenvalue weighted by Gasteiger charge is -2.31. The smallest absolute Gasteiger partial charge is 0.0693 e. The number of aliphatic hydroxyl groups excluding tert-OH is 1. The van der Waals surface area contributed by atoms with E-state index in [0.717, 1.165) is 19.3 Å². The number of aryl methyl sites for hydroxylation is 1.